The molecule has 4 nitrogen and oxygen atoms in total. The van der Waals surface area contributed by atoms with Crippen LogP contribution >= 0.6 is 0 Å². The second kappa shape index (κ2) is 7.88. The van der Waals surface area contributed by atoms with Crippen LogP contribution in [0.1, 0.15) is 34.5 Å². The number of carbonyl (C=O) groups excluding carboxylic acids is 1. The Bertz CT molecular complexity index is 1270. The molecule has 4 heteroatoms. The van der Waals surface area contributed by atoms with Gasteiger partial charge in [-0.3, -0.25) is 4.79 Å². The van der Waals surface area contributed by atoms with Crippen LogP contribution in [0.5, 0.6) is 0 Å². The third-order valence-electron chi connectivity index (χ3n) is 5.91. The highest BCUT2D eigenvalue weighted by Crippen LogP contribution is 2.37. The summed E-state index contributed by atoms with van der Waals surface area (Å²) >= 11 is 0. The van der Waals surface area contributed by atoms with Gasteiger partial charge in [-0.15, -0.1) is 0 Å². The van der Waals surface area contributed by atoms with Gasteiger partial charge in [0, 0.05) is 17.8 Å². The molecule has 1 aromatic heterocycles. The summed E-state index contributed by atoms with van der Waals surface area (Å²) in [5.41, 5.74) is 10.4. The first-order valence-electron chi connectivity index (χ1n) is 10.7. The highest BCUT2D eigenvalue weighted by atomic mass is 16.1. The van der Waals surface area contributed by atoms with Crippen molar-refractivity contribution < 1.29 is 4.79 Å². The summed E-state index contributed by atoms with van der Waals surface area (Å²) < 4.78 is 1.94. The Balaban J connectivity index is 1.20. The lowest BCUT2D eigenvalue weighted by Crippen LogP contribution is -2.12. The van der Waals surface area contributed by atoms with E-state index in [9.17, 15) is 4.79 Å². The highest BCUT2D eigenvalue weighted by Gasteiger charge is 2.18. The Morgan fingerprint density at radius 1 is 0.935 bits per heavy atom. The van der Waals surface area contributed by atoms with Crippen LogP contribution in [0.4, 0.5) is 5.69 Å². The summed E-state index contributed by atoms with van der Waals surface area (Å²) in [5.74, 6) is 0.0399. The summed E-state index contributed by atoms with van der Waals surface area (Å²) in [7, 11) is 0. The molecule has 0 radical (unpaired) electrons. The van der Waals surface area contributed by atoms with Crippen LogP contribution in [0.2, 0.25) is 0 Å². The van der Waals surface area contributed by atoms with Gasteiger partial charge < -0.3 is 5.32 Å². The normalized spacial score (nSPS) is 11.8. The van der Waals surface area contributed by atoms with E-state index in [-0.39, 0.29) is 5.91 Å². The Morgan fingerprint density at radius 2 is 1.71 bits per heavy atom. The average Bonchev–Trinajstić information content (AvgIpc) is 3.31. The molecule has 154 valence electrons. The molecule has 0 saturated carbocycles. The van der Waals surface area contributed by atoms with Crippen molar-refractivity contribution in [1.82, 2.24) is 9.78 Å². The maximum atomic E-state index is 12.5. The van der Waals surface area contributed by atoms with Gasteiger partial charge in [0.25, 0.3) is 0 Å². The SMILES string of the molecule is Cc1cc(C)n(-c2ccc(CCC(=O)Nc3ccc4c(c3)Cc3ccccc3-4)cc2)n1. The van der Waals surface area contributed by atoms with Gasteiger partial charge in [-0.1, -0.05) is 42.5 Å². The maximum absolute atomic E-state index is 12.5. The molecule has 0 unspecified atom stereocenters. The van der Waals surface area contributed by atoms with Gasteiger partial charge in [0.2, 0.25) is 5.91 Å². The number of nitrogens with one attached hydrogen (secondary N) is 1. The molecular formula is C27H25N3O. The van der Waals surface area contributed by atoms with Crippen LogP contribution in [0.15, 0.2) is 72.8 Å². The van der Waals surface area contributed by atoms with Gasteiger partial charge in [-0.05, 0) is 84.8 Å². The van der Waals surface area contributed by atoms with E-state index in [1.807, 2.05) is 17.7 Å². The Labute approximate surface area is 182 Å². The predicted octanol–water partition coefficient (Wildman–Crippen LogP) is 5.63. The molecule has 0 spiro atoms. The molecule has 1 aliphatic carbocycles. The number of carbonyl (C=O) groups is 1. The molecule has 0 bridgehead atoms. The number of hydrogen-bond donors (Lipinski definition) is 1. The number of amides is 1. The third kappa shape index (κ3) is 3.89. The minimum absolute atomic E-state index is 0.0399. The van der Waals surface area contributed by atoms with Gasteiger partial charge in [0.15, 0.2) is 0 Å². The minimum Gasteiger partial charge on any atom is -0.326 e. The van der Waals surface area contributed by atoms with E-state index >= 15 is 0 Å². The quantitative estimate of drug-likeness (QED) is 0.410. The van der Waals surface area contributed by atoms with E-state index in [2.05, 4.69) is 84.1 Å². The lowest BCUT2D eigenvalue weighted by Gasteiger charge is -2.09. The van der Waals surface area contributed by atoms with Crippen molar-refractivity contribution in [3.63, 3.8) is 0 Å². The number of nitrogens with zero attached hydrogens (tertiary/aromatic N) is 2. The second-order valence-electron chi connectivity index (χ2n) is 8.26. The predicted molar refractivity (Wildman–Crippen MR) is 125 cm³/mol. The molecule has 31 heavy (non-hydrogen) atoms. The number of hydrogen-bond acceptors (Lipinski definition) is 2. The number of fused-ring (bicyclic) bond motifs is 3. The van der Waals surface area contributed by atoms with E-state index in [0.717, 1.165) is 34.7 Å². The van der Waals surface area contributed by atoms with Crippen LogP contribution in [0, 0.1) is 13.8 Å². The van der Waals surface area contributed by atoms with Crippen molar-refractivity contribution in [2.45, 2.75) is 33.1 Å². The lowest BCUT2D eigenvalue weighted by atomic mass is 10.1. The molecule has 0 atom stereocenters. The number of rotatable bonds is 5. The van der Waals surface area contributed by atoms with Gasteiger partial charge in [-0.25, -0.2) is 4.68 Å². The molecule has 1 N–H and O–H groups in total. The van der Waals surface area contributed by atoms with Crippen molar-refractivity contribution in [3.05, 3.63) is 101 Å². The first kappa shape index (κ1) is 19.3. The fourth-order valence-corrected chi connectivity index (χ4v) is 4.40. The highest BCUT2D eigenvalue weighted by molar-refractivity contribution is 5.92. The first-order chi connectivity index (χ1) is 15.1. The summed E-state index contributed by atoms with van der Waals surface area (Å²) in [6.45, 7) is 4.05. The minimum atomic E-state index is 0.0399. The molecule has 1 amide bonds. The monoisotopic (exact) mass is 407 g/mol. The lowest BCUT2D eigenvalue weighted by molar-refractivity contribution is -0.116. The van der Waals surface area contributed by atoms with E-state index in [1.54, 1.807) is 0 Å². The number of aromatic nitrogens is 2. The maximum Gasteiger partial charge on any atom is 0.224 e. The zero-order valence-electron chi connectivity index (χ0n) is 17.9. The number of aryl methyl sites for hydroxylation is 3. The molecule has 1 aliphatic rings. The van der Waals surface area contributed by atoms with E-state index in [0.29, 0.717) is 12.8 Å². The van der Waals surface area contributed by atoms with E-state index in [1.165, 1.54) is 22.3 Å². The summed E-state index contributed by atoms with van der Waals surface area (Å²) in [4.78, 5) is 12.5. The Hall–Kier alpha value is -3.66. The smallest absolute Gasteiger partial charge is 0.224 e. The zero-order chi connectivity index (χ0) is 21.4. The summed E-state index contributed by atoms with van der Waals surface area (Å²) in [6.07, 6.45) is 2.09. The number of anilines is 1. The van der Waals surface area contributed by atoms with Crippen molar-refractivity contribution >= 4 is 11.6 Å². The molecule has 4 aromatic rings. The Kier molecular flexibility index (Phi) is 4.91. The zero-order valence-corrected chi connectivity index (χ0v) is 17.9. The topological polar surface area (TPSA) is 46.9 Å². The van der Waals surface area contributed by atoms with Crippen molar-refractivity contribution in [2.24, 2.45) is 0 Å². The average molecular weight is 408 g/mol. The van der Waals surface area contributed by atoms with Gasteiger partial charge >= 0.3 is 0 Å². The van der Waals surface area contributed by atoms with Gasteiger partial charge in [0.05, 0.1) is 11.4 Å². The molecule has 3 aromatic carbocycles. The summed E-state index contributed by atoms with van der Waals surface area (Å²) in [5, 5.41) is 7.58. The molecule has 0 saturated heterocycles. The van der Waals surface area contributed by atoms with Gasteiger partial charge in [0.1, 0.15) is 0 Å². The molecule has 0 fully saturated rings. The van der Waals surface area contributed by atoms with Crippen LogP contribution in [0.25, 0.3) is 16.8 Å². The van der Waals surface area contributed by atoms with Crippen LogP contribution < -0.4 is 5.32 Å². The molecule has 0 aliphatic heterocycles. The first-order valence-corrected chi connectivity index (χ1v) is 10.7. The third-order valence-corrected chi connectivity index (χ3v) is 5.91. The largest absolute Gasteiger partial charge is 0.326 e. The summed E-state index contributed by atoms with van der Waals surface area (Å²) in [6, 6.07) is 25.1. The fourth-order valence-electron chi connectivity index (χ4n) is 4.40. The van der Waals surface area contributed by atoms with Crippen molar-refractivity contribution in [1.29, 1.82) is 0 Å². The second-order valence-corrected chi connectivity index (χ2v) is 8.26. The van der Waals surface area contributed by atoms with Crippen LogP contribution in [-0.4, -0.2) is 15.7 Å². The molecule has 1 heterocycles. The fraction of sp³-hybridized carbons (Fsp3) is 0.185. The molecule has 5 rings (SSSR count). The Morgan fingerprint density at radius 3 is 2.48 bits per heavy atom. The van der Waals surface area contributed by atoms with Gasteiger partial charge in [-0.2, -0.15) is 5.10 Å². The molecular weight excluding hydrogens is 382 g/mol. The van der Waals surface area contributed by atoms with E-state index in [4.69, 9.17) is 0 Å². The van der Waals surface area contributed by atoms with E-state index < -0.39 is 0 Å². The standard InChI is InChI=1S/C27H25N3O/c1-18-15-19(2)30(29-18)24-11-7-20(8-12-24)9-14-27(31)28-23-10-13-26-22(17-23)16-21-5-3-4-6-25(21)26/h3-8,10-13,15,17H,9,14,16H2,1-2H3,(H,28,31). The van der Waals surface area contributed by atoms with Crippen LogP contribution in [0.3, 0.4) is 0 Å². The number of benzene rings is 3. The van der Waals surface area contributed by atoms with Crippen LogP contribution in [-0.2, 0) is 17.6 Å². The van der Waals surface area contributed by atoms with Crippen molar-refractivity contribution in [3.8, 4) is 16.8 Å². The van der Waals surface area contributed by atoms with Crippen molar-refractivity contribution in [2.75, 3.05) is 5.32 Å².